The highest BCUT2D eigenvalue weighted by atomic mass is 28.4. The monoisotopic (exact) mass is 275 g/mol. The van der Waals surface area contributed by atoms with Gasteiger partial charge in [-0.25, -0.2) is 0 Å². The first-order valence-corrected chi connectivity index (χ1v) is 8.77. The number of hydrogen-bond donors (Lipinski definition) is 1. The van der Waals surface area contributed by atoms with E-state index in [4.69, 9.17) is 19.3 Å². The summed E-state index contributed by atoms with van der Waals surface area (Å²) in [5.74, 6) is 0. The molecule has 2 atom stereocenters. The third-order valence-corrected chi connectivity index (χ3v) is 9.75. The number of methoxy groups -OCH3 is 1. The molecule has 5 heteroatoms. The van der Waals surface area contributed by atoms with Crippen LogP contribution >= 0.6 is 0 Å². The molecule has 0 radical (unpaired) electrons. The van der Waals surface area contributed by atoms with Crippen molar-refractivity contribution in [3.63, 3.8) is 0 Å². The fourth-order valence-electron chi connectivity index (χ4n) is 3.44. The summed E-state index contributed by atoms with van der Waals surface area (Å²) in [4.78, 5) is 0. The molecule has 0 bridgehead atoms. The van der Waals surface area contributed by atoms with Gasteiger partial charge in [0.1, 0.15) is 5.22 Å². The highest BCUT2D eigenvalue weighted by Crippen LogP contribution is 2.51. The average Bonchev–Trinajstić information content (AvgIpc) is 2.37. The summed E-state index contributed by atoms with van der Waals surface area (Å²) in [6.45, 7) is 6.39. The van der Waals surface area contributed by atoms with Crippen molar-refractivity contribution < 1.29 is 13.6 Å². The molecule has 1 aliphatic rings. The van der Waals surface area contributed by atoms with Crippen molar-refractivity contribution in [2.75, 3.05) is 21.3 Å². The Morgan fingerprint density at radius 3 is 2.11 bits per heavy atom. The van der Waals surface area contributed by atoms with E-state index in [0.29, 0.717) is 0 Å². The zero-order valence-corrected chi connectivity index (χ0v) is 13.7. The van der Waals surface area contributed by atoms with Gasteiger partial charge in [-0.2, -0.15) is 0 Å². The van der Waals surface area contributed by atoms with Crippen LogP contribution in [0.2, 0.25) is 6.04 Å². The third kappa shape index (κ3) is 2.06. The molecule has 0 spiro atoms. The van der Waals surface area contributed by atoms with E-state index in [1.807, 2.05) is 6.92 Å². The first kappa shape index (κ1) is 16.1. The van der Waals surface area contributed by atoms with Crippen LogP contribution in [0.1, 0.15) is 40.0 Å². The van der Waals surface area contributed by atoms with Crippen LogP contribution in [0.25, 0.3) is 0 Å². The molecule has 0 aromatic carbocycles. The van der Waals surface area contributed by atoms with E-state index in [1.54, 1.807) is 21.3 Å². The van der Waals surface area contributed by atoms with E-state index in [0.717, 1.165) is 25.3 Å². The topological polar surface area (TPSA) is 53.7 Å². The molecule has 0 aromatic heterocycles. The van der Waals surface area contributed by atoms with Crippen molar-refractivity contribution >= 4 is 8.56 Å². The molecule has 1 rings (SSSR count). The van der Waals surface area contributed by atoms with Gasteiger partial charge in [-0.05, 0) is 19.4 Å². The number of nitrogens with two attached hydrogens (primary N) is 1. The molecule has 18 heavy (non-hydrogen) atoms. The lowest BCUT2D eigenvalue weighted by Crippen LogP contribution is -2.73. The van der Waals surface area contributed by atoms with Gasteiger partial charge in [0.2, 0.25) is 0 Å². The zero-order valence-electron chi connectivity index (χ0n) is 12.7. The van der Waals surface area contributed by atoms with Gasteiger partial charge in [-0.15, -0.1) is 0 Å². The van der Waals surface area contributed by atoms with Crippen LogP contribution in [0.15, 0.2) is 0 Å². The van der Waals surface area contributed by atoms with Crippen molar-refractivity contribution in [3.05, 3.63) is 0 Å². The van der Waals surface area contributed by atoms with Crippen LogP contribution < -0.4 is 5.73 Å². The fourth-order valence-corrected chi connectivity index (χ4v) is 7.87. The zero-order chi connectivity index (χ0) is 14.0. The molecule has 1 aliphatic heterocycles. The molecule has 0 aromatic rings. The maximum Gasteiger partial charge on any atom is 0.371 e. The Hall–Kier alpha value is 0.0569. The van der Waals surface area contributed by atoms with E-state index in [1.165, 1.54) is 0 Å². The minimum absolute atomic E-state index is 0.0210. The van der Waals surface area contributed by atoms with Gasteiger partial charge >= 0.3 is 8.56 Å². The quantitative estimate of drug-likeness (QED) is 0.782. The molecular weight excluding hydrogens is 246 g/mol. The minimum atomic E-state index is -2.41. The molecule has 1 fully saturated rings. The lowest BCUT2D eigenvalue weighted by Gasteiger charge is -2.57. The molecule has 0 amide bonds. The summed E-state index contributed by atoms with van der Waals surface area (Å²) in [5, 5.41) is -0.379. The van der Waals surface area contributed by atoms with Crippen molar-refractivity contribution in [3.8, 4) is 0 Å². The van der Waals surface area contributed by atoms with Crippen LogP contribution in [-0.4, -0.2) is 41.2 Å². The van der Waals surface area contributed by atoms with Crippen molar-refractivity contribution in [1.82, 2.24) is 0 Å². The molecule has 0 aliphatic carbocycles. The Morgan fingerprint density at radius 1 is 1.17 bits per heavy atom. The predicted molar refractivity (Wildman–Crippen MR) is 75.6 cm³/mol. The summed E-state index contributed by atoms with van der Waals surface area (Å²) >= 11 is 0. The smallest absolute Gasteiger partial charge is 0.371 e. The van der Waals surface area contributed by atoms with Crippen LogP contribution in [0.5, 0.6) is 0 Å². The maximum absolute atomic E-state index is 6.22. The predicted octanol–water partition coefficient (Wildman–Crippen LogP) is 2.20. The lowest BCUT2D eigenvalue weighted by molar-refractivity contribution is -0.0933. The summed E-state index contributed by atoms with van der Waals surface area (Å²) in [5.41, 5.74) is 6.04. The van der Waals surface area contributed by atoms with Gasteiger partial charge in [0.25, 0.3) is 0 Å². The second kappa shape index (κ2) is 5.59. The summed E-state index contributed by atoms with van der Waals surface area (Å²) < 4.78 is 17.8. The van der Waals surface area contributed by atoms with Crippen LogP contribution in [0.3, 0.4) is 0 Å². The number of ether oxygens (including phenoxy) is 1. The summed E-state index contributed by atoms with van der Waals surface area (Å²) in [7, 11) is 2.87. The third-order valence-electron chi connectivity index (χ3n) is 5.09. The molecule has 2 unspecified atom stereocenters. The molecule has 108 valence electrons. The largest absolute Gasteiger partial charge is 0.396 e. The van der Waals surface area contributed by atoms with Gasteiger partial charge in [0.05, 0.1) is 0 Å². The first-order chi connectivity index (χ1) is 8.33. The Balaban J connectivity index is 3.32. The van der Waals surface area contributed by atoms with E-state index < -0.39 is 8.56 Å². The van der Waals surface area contributed by atoms with Crippen molar-refractivity contribution in [2.24, 2.45) is 11.1 Å². The summed E-state index contributed by atoms with van der Waals surface area (Å²) in [6.07, 6.45) is 3.26. The summed E-state index contributed by atoms with van der Waals surface area (Å²) in [6, 6.07) is 0.997. The lowest BCUT2D eigenvalue weighted by atomic mass is 9.77. The first-order valence-electron chi connectivity index (χ1n) is 6.74. The van der Waals surface area contributed by atoms with Crippen molar-refractivity contribution in [1.29, 1.82) is 0 Å². The molecule has 4 nitrogen and oxygen atoms in total. The standard InChI is InChI=1S/C13H29NO3Si/c1-11(14)12(2,3)13(15-4)9-7-8-10-18(13,16-5)17-6/h11H,7-10,14H2,1-6H3. The Bertz CT molecular complexity index is 279. The number of hydrogen-bond acceptors (Lipinski definition) is 4. The molecule has 1 saturated heterocycles. The van der Waals surface area contributed by atoms with Crippen LogP contribution in [0.4, 0.5) is 0 Å². The number of rotatable bonds is 5. The van der Waals surface area contributed by atoms with Crippen LogP contribution in [-0.2, 0) is 13.6 Å². The van der Waals surface area contributed by atoms with Crippen LogP contribution in [0, 0.1) is 5.41 Å². The Morgan fingerprint density at radius 2 is 1.72 bits per heavy atom. The van der Waals surface area contributed by atoms with E-state index in [9.17, 15) is 0 Å². The van der Waals surface area contributed by atoms with Gasteiger partial charge < -0.3 is 19.3 Å². The van der Waals surface area contributed by atoms with Gasteiger partial charge in [-0.3, -0.25) is 0 Å². The molecule has 2 N–H and O–H groups in total. The SMILES string of the molecule is COC1(C(C)(C)C(C)N)CCCC[Si]1(OC)OC. The highest BCUT2D eigenvalue weighted by Gasteiger charge is 2.66. The average molecular weight is 275 g/mol. The highest BCUT2D eigenvalue weighted by molar-refractivity contribution is 6.71. The van der Waals surface area contributed by atoms with Gasteiger partial charge in [-0.1, -0.05) is 26.7 Å². The van der Waals surface area contributed by atoms with Crippen molar-refractivity contribution in [2.45, 2.75) is 57.3 Å². The molecule has 1 heterocycles. The second-order valence-corrected chi connectivity index (χ2v) is 9.54. The normalized spacial score (nSPS) is 30.2. The van der Waals surface area contributed by atoms with E-state index >= 15 is 0 Å². The van der Waals surface area contributed by atoms with E-state index in [-0.39, 0.29) is 16.7 Å². The fraction of sp³-hybridized carbons (Fsp3) is 1.00. The van der Waals surface area contributed by atoms with Gasteiger partial charge in [0, 0.05) is 32.8 Å². The minimum Gasteiger partial charge on any atom is -0.396 e. The second-order valence-electron chi connectivity index (χ2n) is 5.91. The Kier molecular flexibility index (Phi) is 5.00. The molecular formula is C13H29NO3Si. The van der Waals surface area contributed by atoms with Gasteiger partial charge in [0.15, 0.2) is 0 Å². The maximum atomic E-state index is 6.22. The van der Waals surface area contributed by atoms with E-state index in [2.05, 4.69) is 13.8 Å². The Labute approximate surface area is 112 Å². The molecule has 0 saturated carbocycles.